The van der Waals surface area contributed by atoms with E-state index < -0.39 is 0 Å². The van der Waals surface area contributed by atoms with Gasteiger partial charge in [0.25, 0.3) is 0 Å². The number of anilines is 1. The molecule has 3 heteroatoms. The van der Waals surface area contributed by atoms with Gasteiger partial charge in [-0.3, -0.25) is 0 Å². The lowest BCUT2D eigenvalue weighted by Gasteiger charge is -2.31. The summed E-state index contributed by atoms with van der Waals surface area (Å²) in [7, 11) is 0. The summed E-state index contributed by atoms with van der Waals surface area (Å²) in [6.07, 6.45) is 1.88. The Hall–Kier alpha value is -2.00. The van der Waals surface area contributed by atoms with Crippen molar-refractivity contribution in [3.8, 4) is 12.1 Å². The Balaban J connectivity index is 2.04. The third-order valence-electron chi connectivity index (χ3n) is 3.04. The standard InChI is InChI=1S/C13H13N3/c14-9-11-1-3-13(4-2-11)16-7-5-12(10-15)6-8-16/h1-4,12H,5-8H2. The lowest BCUT2D eigenvalue weighted by atomic mass is 9.98. The lowest BCUT2D eigenvalue weighted by Crippen LogP contribution is -2.33. The molecule has 1 aromatic rings. The van der Waals surface area contributed by atoms with E-state index in [2.05, 4.69) is 17.0 Å². The summed E-state index contributed by atoms with van der Waals surface area (Å²) >= 11 is 0. The highest BCUT2D eigenvalue weighted by molar-refractivity contribution is 5.50. The van der Waals surface area contributed by atoms with Gasteiger partial charge in [-0.15, -0.1) is 0 Å². The molecule has 16 heavy (non-hydrogen) atoms. The summed E-state index contributed by atoms with van der Waals surface area (Å²) in [5.74, 6) is 0.217. The molecular formula is C13H13N3. The fourth-order valence-electron chi connectivity index (χ4n) is 2.01. The minimum absolute atomic E-state index is 0.217. The van der Waals surface area contributed by atoms with Gasteiger partial charge in [-0.1, -0.05) is 0 Å². The Kier molecular flexibility index (Phi) is 3.08. The molecule has 0 unspecified atom stereocenters. The van der Waals surface area contributed by atoms with Crippen LogP contribution < -0.4 is 4.90 Å². The molecule has 1 fully saturated rings. The van der Waals surface area contributed by atoms with Crippen molar-refractivity contribution in [3.05, 3.63) is 29.8 Å². The van der Waals surface area contributed by atoms with Crippen LogP contribution in [0.2, 0.25) is 0 Å². The van der Waals surface area contributed by atoms with E-state index in [0.717, 1.165) is 31.6 Å². The van der Waals surface area contributed by atoms with Gasteiger partial charge in [0.15, 0.2) is 0 Å². The third kappa shape index (κ3) is 2.15. The summed E-state index contributed by atoms with van der Waals surface area (Å²) in [6, 6.07) is 12.1. The molecule has 1 saturated heterocycles. The molecule has 0 aromatic heterocycles. The SMILES string of the molecule is N#Cc1ccc(N2CCC(C#N)CC2)cc1. The van der Waals surface area contributed by atoms with Crippen molar-refractivity contribution in [3.63, 3.8) is 0 Å². The Morgan fingerprint density at radius 2 is 1.69 bits per heavy atom. The van der Waals surface area contributed by atoms with Gasteiger partial charge in [0.1, 0.15) is 0 Å². The van der Waals surface area contributed by atoms with Crippen LogP contribution in [0.25, 0.3) is 0 Å². The molecule has 1 heterocycles. The number of benzene rings is 1. The number of piperidine rings is 1. The number of hydrogen-bond acceptors (Lipinski definition) is 3. The van der Waals surface area contributed by atoms with E-state index in [1.807, 2.05) is 24.3 Å². The first kappa shape index (κ1) is 10.5. The fraction of sp³-hybridized carbons (Fsp3) is 0.385. The van der Waals surface area contributed by atoms with E-state index in [0.29, 0.717) is 5.56 Å². The van der Waals surface area contributed by atoms with Gasteiger partial charge in [-0.05, 0) is 37.1 Å². The van der Waals surface area contributed by atoms with Crippen LogP contribution in [0, 0.1) is 28.6 Å². The third-order valence-corrected chi connectivity index (χ3v) is 3.04. The zero-order valence-electron chi connectivity index (χ0n) is 9.06. The van der Waals surface area contributed by atoms with Crippen molar-refractivity contribution >= 4 is 5.69 Å². The summed E-state index contributed by atoms with van der Waals surface area (Å²) in [4.78, 5) is 2.27. The van der Waals surface area contributed by atoms with Gasteiger partial charge < -0.3 is 4.90 Å². The fourth-order valence-corrected chi connectivity index (χ4v) is 2.01. The first-order valence-electron chi connectivity index (χ1n) is 5.48. The molecule has 1 aromatic carbocycles. The van der Waals surface area contributed by atoms with Gasteiger partial charge in [0.2, 0.25) is 0 Å². The van der Waals surface area contributed by atoms with Crippen LogP contribution in [0.1, 0.15) is 18.4 Å². The highest BCUT2D eigenvalue weighted by atomic mass is 15.1. The van der Waals surface area contributed by atoms with Crippen LogP contribution in [-0.4, -0.2) is 13.1 Å². The molecule has 80 valence electrons. The topological polar surface area (TPSA) is 50.8 Å². The number of rotatable bonds is 1. The van der Waals surface area contributed by atoms with Crippen LogP contribution in [0.15, 0.2) is 24.3 Å². The Morgan fingerprint density at radius 1 is 1.06 bits per heavy atom. The molecule has 0 bridgehead atoms. The normalized spacial score (nSPS) is 16.5. The molecule has 0 amide bonds. The smallest absolute Gasteiger partial charge is 0.0991 e. The minimum Gasteiger partial charge on any atom is -0.371 e. The van der Waals surface area contributed by atoms with E-state index >= 15 is 0 Å². The van der Waals surface area contributed by atoms with Gasteiger partial charge in [-0.2, -0.15) is 10.5 Å². The van der Waals surface area contributed by atoms with Gasteiger partial charge >= 0.3 is 0 Å². The van der Waals surface area contributed by atoms with Crippen LogP contribution in [0.4, 0.5) is 5.69 Å². The lowest BCUT2D eigenvalue weighted by molar-refractivity contribution is 0.488. The number of hydrogen-bond donors (Lipinski definition) is 0. The van der Waals surface area contributed by atoms with Crippen LogP contribution in [0.3, 0.4) is 0 Å². The average molecular weight is 211 g/mol. The molecule has 2 rings (SSSR count). The van der Waals surface area contributed by atoms with Crippen molar-refractivity contribution < 1.29 is 0 Å². The molecule has 0 radical (unpaired) electrons. The molecule has 0 aliphatic carbocycles. The first-order valence-corrected chi connectivity index (χ1v) is 5.48. The molecular weight excluding hydrogens is 198 g/mol. The van der Waals surface area contributed by atoms with Crippen molar-refractivity contribution in [2.24, 2.45) is 5.92 Å². The summed E-state index contributed by atoms with van der Waals surface area (Å²) < 4.78 is 0. The molecule has 1 aliphatic heterocycles. The highest BCUT2D eigenvalue weighted by Gasteiger charge is 2.18. The maximum absolute atomic E-state index is 8.81. The van der Waals surface area contributed by atoms with Gasteiger partial charge in [0.05, 0.1) is 17.7 Å². The summed E-state index contributed by atoms with van der Waals surface area (Å²) in [6.45, 7) is 1.87. The van der Waals surface area contributed by atoms with Crippen molar-refractivity contribution in [1.29, 1.82) is 10.5 Å². The highest BCUT2D eigenvalue weighted by Crippen LogP contribution is 2.22. The summed E-state index contributed by atoms with van der Waals surface area (Å²) in [5.41, 5.74) is 1.84. The zero-order valence-corrected chi connectivity index (χ0v) is 9.06. The monoisotopic (exact) mass is 211 g/mol. The van der Waals surface area contributed by atoms with E-state index in [1.54, 1.807) is 0 Å². The van der Waals surface area contributed by atoms with Crippen LogP contribution in [-0.2, 0) is 0 Å². The zero-order chi connectivity index (χ0) is 11.4. The number of nitriles is 2. The van der Waals surface area contributed by atoms with Crippen molar-refractivity contribution in [2.75, 3.05) is 18.0 Å². The van der Waals surface area contributed by atoms with Crippen molar-refractivity contribution in [1.82, 2.24) is 0 Å². The van der Waals surface area contributed by atoms with E-state index in [9.17, 15) is 0 Å². The Bertz CT molecular complexity index is 428. The molecule has 1 aliphatic rings. The van der Waals surface area contributed by atoms with E-state index in [4.69, 9.17) is 10.5 Å². The molecule has 0 spiro atoms. The van der Waals surface area contributed by atoms with Gasteiger partial charge in [-0.25, -0.2) is 0 Å². The minimum atomic E-state index is 0.217. The van der Waals surface area contributed by atoms with Crippen LogP contribution in [0.5, 0.6) is 0 Å². The molecule has 0 atom stereocenters. The van der Waals surface area contributed by atoms with E-state index in [-0.39, 0.29) is 5.92 Å². The molecule has 0 saturated carbocycles. The largest absolute Gasteiger partial charge is 0.371 e. The predicted octanol–water partition coefficient (Wildman–Crippen LogP) is 2.30. The second-order valence-corrected chi connectivity index (χ2v) is 4.05. The second-order valence-electron chi connectivity index (χ2n) is 4.05. The Labute approximate surface area is 95.5 Å². The maximum atomic E-state index is 8.81. The Morgan fingerprint density at radius 3 is 2.19 bits per heavy atom. The van der Waals surface area contributed by atoms with E-state index in [1.165, 1.54) is 0 Å². The first-order chi connectivity index (χ1) is 7.83. The quantitative estimate of drug-likeness (QED) is 0.716. The van der Waals surface area contributed by atoms with Crippen LogP contribution >= 0.6 is 0 Å². The predicted molar refractivity (Wildman–Crippen MR) is 61.7 cm³/mol. The maximum Gasteiger partial charge on any atom is 0.0991 e. The number of nitrogens with zero attached hydrogens (tertiary/aromatic N) is 3. The molecule has 0 N–H and O–H groups in total. The average Bonchev–Trinajstić information content (AvgIpc) is 2.39. The summed E-state index contributed by atoms with van der Waals surface area (Å²) in [5, 5.41) is 17.5. The molecule has 3 nitrogen and oxygen atoms in total. The second kappa shape index (κ2) is 4.68. The van der Waals surface area contributed by atoms with Crippen molar-refractivity contribution in [2.45, 2.75) is 12.8 Å². The van der Waals surface area contributed by atoms with Gasteiger partial charge in [0, 0.05) is 24.7 Å².